The molecule has 120 valence electrons. The third kappa shape index (κ3) is 3.88. The first kappa shape index (κ1) is 15.5. The molecule has 22 heavy (non-hydrogen) atoms. The molecule has 0 bridgehead atoms. The maximum atomic E-state index is 12.2. The molecule has 1 saturated heterocycles. The third-order valence-electron chi connectivity index (χ3n) is 4.84. The molecule has 5 heteroatoms. The molecule has 2 aliphatic rings. The van der Waals surface area contributed by atoms with Crippen molar-refractivity contribution in [1.82, 2.24) is 10.2 Å². The second-order valence-electron chi connectivity index (χ2n) is 6.37. The van der Waals surface area contributed by atoms with Crippen molar-refractivity contribution in [2.45, 2.75) is 51.0 Å². The highest BCUT2D eigenvalue weighted by molar-refractivity contribution is 7.09. The van der Waals surface area contributed by atoms with Crippen molar-refractivity contribution in [1.29, 1.82) is 0 Å². The molecule has 0 unspecified atom stereocenters. The van der Waals surface area contributed by atoms with Crippen LogP contribution >= 0.6 is 11.3 Å². The molecule has 2 amide bonds. The van der Waals surface area contributed by atoms with Crippen molar-refractivity contribution in [3.05, 3.63) is 22.4 Å². The predicted octanol–water partition coefficient (Wildman–Crippen LogP) is 2.59. The first-order chi connectivity index (χ1) is 10.7. The van der Waals surface area contributed by atoms with Crippen LogP contribution in [0.5, 0.6) is 0 Å². The third-order valence-corrected chi connectivity index (χ3v) is 5.77. The van der Waals surface area contributed by atoms with E-state index in [-0.39, 0.29) is 23.8 Å². The molecule has 1 saturated carbocycles. The predicted molar refractivity (Wildman–Crippen MR) is 87.7 cm³/mol. The van der Waals surface area contributed by atoms with E-state index in [9.17, 15) is 9.59 Å². The number of carbonyl (C=O) groups excluding carboxylic acids is 2. The quantitative estimate of drug-likeness (QED) is 0.906. The highest BCUT2D eigenvalue weighted by atomic mass is 32.1. The lowest BCUT2D eigenvalue weighted by Gasteiger charge is -2.34. The van der Waals surface area contributed by atoms with Crippen LogP contribution in [-0.2, 0) is 16.0 Å². The number of thiophene rings is 1. The maximum absolute atomic E-state index is 12.2. The minimum Gasteiger partial charge on any atom is -0.353 e. The molecule has 1 aliphatic carbocycles. The first-order valence-corrected chi connectivity index (χ1v) is 9.21. The lowest BCUT2D eigenvalue weighted by molar-refractivity contribution is -0.132. The minimum atomic E-state index is 0.230. The molecule has 3 rings (SSSR count). The average molecular weight is 320 g/mol. The molecule has 1 aromatic rings. The smallest absolute Gasteiger partial charge is 0.223 e. The van der Waals surface area contributed by atoms with E-state index in [1.54, 1.807) is 11.3 Å². The van der Waals surface area contributed by atoms with E-state index < -0.39 is 0 Å². The molecule has 0 atom stereocenters. The van der Waals surface area contributed by atoms with Gasteiger partial charge in [-0.1, -0.05) is 12.5 Å². The molecule has 1 aliphatic heterocycles. The van der Waals surface area contributed by atoms with Crippen LogP contribution in [0.15, 0.2) is 17.5 Å². The zero-order valence-corrected chi connectivity index (χ0v) is 13.7. The van der Waals surface area contributed by atoms with Crippen LogP contribution in [-0.4, -0.2) is 35.8 Å². The Morgan fingerprint density at radius 2 is 2.00 bits per heavy atom. The van der Waals surface area contributed by atoms with Crippen LogP contribution in [0.4, 0.5) is 0 Å². The van der Waals surface area contributed by atoms with Crippen molar-refractivity contribution in [3.63, 3.8) is 0 Å². The zero-order valence-electron chi connectivity index (χ0n) is 12.9. The Bertz CT molecular complexity index is 503. The summed E-state index contributed by atoms with van der Waals surface area (Å²) in [5, 5.41) is 5.21. The van der Waals surface area contributed by atoms with Crippen molar-refractivity contribution < 1.29 is 9.59 Å². The number of nitrogens with one attached hydrogen (secondary N) is 1. The van der Waals surface area contributed by atoms with Crippen LogP contribution in [0.3, 0.4) is 0 Å². The normalized spacial score (nSPS) is 19.7. The van der Waals surface area contributed by atoms with Crippen molar-refractivity contribution in [2.75, 3.05) is 13.1 Å². The summed E-state index contributed by atoms with van der Waals surface area (Å²) in [6, 6.07) is 4.37. The van der Waals surface area contributed by atoms with Crippen molar-refractivity contribution in [2.24, 2.45) is 5.92 Å². The van der Waals surface area contributed by atoms with Crippen LogP contribution in [0.2, 0.25) is 0 Å². The Hall–Kier alpha value is -1.36. The molecule has 1 aromatic heterocycles. The Kier molecular flexibility index (Phi) is 5.13. The van der Waals surface area contributed by atoms with Gasteiger partial charge in [0.25, 0.3) is 0 Å². The van der Waals surface area contributed by atoms with Crippen molar-refractivity contribution in [3.8, 4) is 0 Å². The largest absolute Gasteiger partial charge is 0.353 e. The molecule has 0 radical (unpaired) electrons. The zero-order chi connectivity index (χ0) is 15.4. The van der Waals surface area contributed by atoms with Gasteiger partial charge < -0.3 is 10.2 Å². The number of rotatable bonds is 5. The number of amides is 2. The van der Waals surface area contributed by atoms with Gasteiger partial charge in [0.15, 0.2) is 0 Å². The topological polar surface area (TPSA) is 49.4 Å². The van der Waals surface area contributed by atoms with Gasteiger partial charge in [-0.05, 0) is 43.6 Å². The first-order valence-electron chi connectivity index (χ1n) is 8.33. The summed E-state index contributed by atoms with van der Waals surface area (Å²) in [6.07, 6.45) is 6.51. The highest BCUT2D eigenvalue weighted by Gasteiger charge is 2.29. The summed E-state index contributed by atoms with van der Waals surface area (Å²) >= 11 is 1.71. The molecule has 2 heterocycles. The van der Waals surface area contributed by atoms with E-state index >= 15 is 0 Å². The van der Waals surface area contributed by atoms with Gasteiger partial charge in [-0.15, -0.1) is 11.3 Å². The number of aryl methyl sites for hydroxylation is 1. The van der Waals surface area contributed by atoms with Gasteiger partial charge in [0.1, 0.15) is 0 Å². The highest BCUT2D eigenvalue weighted by Crippen LogP contribution is 2.26. The second-order valence-corrected chi connectivity index (χ2v) is 7.40. The second kappa shape index (κ2) is 7.27. The van der Waals surface area contributed by atoms with Crippen LogP contribution < -0.4 is 5.32 Å². The lowest BCUT2D eigenvalue weighted by atomic mass is 9.84. The fourth-order valence-corrected chi connectivity index (χ4v) is 3.81. The SMILES string of the molecule is O=C(NC1CCN(C(=O)CCc2cccs2)CC1)C1CCC1. The number of hydrogen-bond acceptors (Lipinski definition) is 3. The number of nitrogens with zero attached hydrogens (tertiary/aromatic N) is 1. The van der Waals surface area contributed by atoms with Gasteiger partial charge >= 0.3 is 0 Å². The molecular weight excluding hydrogens is 296 g/mol. The summed E-state index contributed by atoms with van der Waals surface area (Å²) in [5.41, 5.74) is 0. The maximum Gasteiger partial charge on any atom is 0.223 e. The van der Waals surface area contributed by atoms with Gasteiger partial charge in [0, 0.05) is 36.3 Å². The minimum absolute atomic E-state index is 0.230. The van der Waals surface area contributed by atoms with Crippen molar-refractivity contribution >= 4 is 23.2 Å². The summed E-state index contributed by atoms with van der Waals surface area (Å²) in [7, 11) is 0. The van der Waals surface area contributed by atoms with Gasteiger partial charge in [-0.25, -0.2) is 0 Å². The molecular formula is C17H24N2O2S. The van der Waals surface area contributed by atoms with E-state index in [1.165, 1.54) is 11.3 Å². The number of piperidine rings is 1. The van der Waals surface area contributed by atoms with Gasteiger partial charge in [0.05, 0.1) is 0 Å². The van der Waals surface area contributed by atoms with E-state index in [0.29, 0.717) is 6.42 Å². The summed E-state index contributed by atoms with van der Waals surface area (Å²) in [5.74, 6) is 0.733. The van der Waals surface area contributed by atoms with E-state index in [2.05, 4.69) is 16.8 Å². The lowest BCUT2D eigenvalue weighted by Crippen LogP contribution is -2.48. The molecule has 2 fully saturated rings. The van der Waals surface area contributed by atoms with Crippen LogP contribution in [0.25, 0.3) is 0 Å². The molecule has 0 spiro atoms. The summed E-state index contributed by atoms with van der Waals surface area (Å²) < 4.78 is 0. The Balaban J connectivity index is 1.37. The molecule has 4 nitrogen and oxygen atoms in total. The number of likely N-dealkylation sites (tertiary alicyclic amines) is 1. The Labute approximate surface area is 135 Å². The standard InChI is InChI=1S/C17H24N2O2S/c20-16(7-6-15-5-2-12-22-15)19-10-8-14(9-11-19)18-17(21)13-3-1-4-13/h2,5,12-14H,1,3-4,6-11H2,(H,18,21). The summed E-state index contributed by atoms with van der Waals surface area (Å²) in [6.45, 7) is 1.55. The van der Waals surface area contributed by atoms with E-state index in [0.717, 1.165) is 45.2 Å². The number of carbonyl (C=O) groups is 2. The molecule has 0 aromatic carbocycles. The fraction of sp³-hybridized carbons (Fsp3) is 0.647. The molecule has 1 N–H and O–H groups in total. The summed E-state index contributed by atoms with van der Waals surface area (Å²) in [4.78, 5) is 27.4. The van der Waals surface area contributed by atoms with E-state index in [4.69, 9.17) is 0 Å². The van der Waals surface area contributed by atoms with Gasteiger partial charge in [0.2, 0.25) is 11.8 Å². The Morgan fingerprint density at radius 3 is 2.59 bits per heavy atom. The fourth-order valence-electron chi connectivity index (χ4n) is 3.11. The average Bonchev–Trinajstić information content (AvgIpc) is 2.97. The van der Waals surface area contributed by atoms with Gasteiger partial charge in [-0.2, -0.15) is 0 Å². The van der Waals surface area contributed by atoms with Crippen LogP contribution in [0, 0.1) is 5.92 Å². The van der Waals surface area contributed by atoms with Gasteiger partial charge in [-0.3, -0.25) is 9.59 Å². The van der Waals surface area contributed by atoms with E-state index in [1.807, 2.05) is 11.0 Å². The monoisotopic (exact) mass is 320 g/mol. The number of hydrogen-bond donors (Lipinski definition) is 1. The van der Waals surface area contributed by atoms with Crippen LogP contribution in [0.1, 0.15) is 43.4 Å². The Morgan fingerprint density at radius 1 is 1.23 bits per heavy atom.